The molecule has 0 radical (unpaired) electrons. The van der Waals surface area contributed by atoms with Crippen molar-refractivity contribution in [1.82, 2.24) is 9.80 Å². The number of morpholine rings is 1. The quantitative estimate of drug-likeness (QED) is 0.850. The molecule has 3 fully saturated rings. The second kappa shape index (κ2) is 6.45. The molecule has 1 aromatic carbocycles. The Hall–Kier alpha value is -1.46. The van der Waals surface area contributed by atoms with Crippen LogP contribution in [0.4, 0.5) is 4.39 Å². The van der Waals surface area contributed by atoms with Crippen LogP contribution in [0.25, 0.3) is 0 Å². The first-order chi connectivity index (χ1) is 11.6. The van der Waals surface area contributed by atoms with E-state index in [1.54, 1.807) is 12.1 Å². The van der Waals surface area contributed by atoms with Gasteiger partial charge >= 0.3 is 0 Å². The Kier molecular flexibility index (Phi) is 4.31. The third kappa shape index (κ3) is 3.07. The molecule has 0 spiro atoms. The number of amides is 1. The molecule has 4 rings (SSSR count). The van der Waals surface area contributed by atoms with E-state index in [2.05, 4.69) is 11.8 Å². The molecular formula is C19H25FN2O2. The van der Waals surface area contributed by atoms with Crippen LogP contribution in [0.15, 0.2) is 24.3 Å². The van der Waals surface area contributed by atoms with E-state index in [1.165, 1.54) is 6.07 Å². The molecule has 0 bridgehead atoms. The summed E-state index contributed by atoms with van der Waals surface area (Å²) in [6, 6.07) is 7.14. The van der Waals surface area contributed by atoms with Crippen LogP contribution in [-0.2, 0) is 9.53 Å². The second-order valence-corrected chi connectivity index (χ2v) is 7.44. The molecule has 4 nitrogen and oxygen atoms in total. The van der Waals surface area contributed by atoms with Gasteiger partial charge in [0.2, 0.25) is 5.91 Å². The molecule has 1 aliphatic carbocycles. The van der Waals surface area contributed by atoms with Crippen LogP contribution in [-0.4, -0.2) is 61.1 Å². The molecule has 1 aromatic rings. The number of benzene rings is 1. The number of nitrogens with zero attached hydrogens (tertiary/aromatic N) is 2. The average molecular weight is 332 g/mol. The number of rotatable bonds is 3. The van der Waals surface area contributed by atoms with Gasteiger partial charge in [0.05, 0.1) is 13.2 Å². The highest BCUT2D eigenvalue weighted by Gasteiger charge is 2.48. The summed E-state index contributed by atoms with van der Waals surface area (Å²) in [5.41, 5.74) is 0.963. The maximum absolute atomic E-state index is 13.4. The van der Waals surface area contributed by atoms with E-state index in [0.717, 1.165) is 51.4 Å². The zero-order chi connectivity index (χ0) is 16.7. The van der Waals surface area contributed by atoms with Gasteiger partial charge in [0.25, 0.3) is 0 Å². The molecule has 2 aliphatic heterocycles. The molecule has 3 aliphatic rings. The Balaban J connectivity index is 1.38. The smallest absolute Gasteiger partial charge is 0.226 e. The van der Waals surface area contributed by atoms with E-state index >= 15 is 0 Å². The first kappa shape index (κ1) is 16.0. The van der Waals surface area contributed by atoms with Gasteiger partial charge in [-0.15, -0.1) is 0 Å². The maximum atomic E-state index is 13.4. The van der Waals surface area contributed by atoms with Crippen molar-refractivity contribution in [1.29, 1.82) is 0 Å². The summed E-state index contributed by atoms with van der Waals surface area (Å²) in [5.74, 6) is 0.784. The van der Waals surface area contributed by atoms with Crippen LogP contribution in [0.1, 0.15) is 24.8 Å². The lowest BCUT2D eigenvalue weighted by molar-refractivity contribution is -0.131. The maximum Gasteiger partial charge on any atom is 0.226 e. The third-order valence-electron chi connectivity index (χ3n) is 5.78. The minimum atomic E-state index is -0.215. The van der Waals surface area contributed by atoms with Crippen LogP contribution in [0.2, 0.25) is 0 Å². The number of hydrogen-bond donors (Lipinski definition) is 0. The van der Waals surface area contributed by atoms with Crippen molar-refractivity contribution < 1.29 is 13.9 Å². The molecule has 2 saturated heterocycles. The number of halogens is 1. The fourth-order valence-electron chi connectivity index (χ4n) is 4.32. The Labute approximate surface area is 142 Å². The number of carbonyl (C=O) groups is 1. The molecule has 130 valence electrons. The van der Waals surface area contributed by atoms with Crippen LogP contribution in [0.3, 0.4) is 0 Å². The van der Waals surface area contributed by atoms with Gasteiger partial charge in [-0.1, -0.05) is 19.1 Å². The molecule has 4 atom stereocenters. The van der Waals surface area contributed by atoms with Gasteiger partial charge in [-0.2, -0.15) is 0 Å². The zero-order valence-corrected chi connectivity index (χ0v) is 14.2. The van der Waals surface area contributed by atoms with E-state index in [-0.39, 0.29) is 23.6 Å². The average Bonchev–Trinajstić information content (AvgIpc) is 3.30. The van der Waals surface area contributed by atoms with Gasteiger partial charge in [0.1, 0.15) is 5.82 Å². The highest BCUT2D eigenvalue weighted by molar-refractivity contribution is 5.83. The molecule has 0 N–H and O–H groups in total. The number of hydrogen-bond acceptors (Lipinski definition) is 3. The predicted molar refractivity (Wildman–Crippen MR) is 89.2 cm³/mol. The van der Waals surface area contributed by atoms with E-state index in [0.29, 0.717) is 12.0 Å². The lowest BCUT2D eigenvalue weighted by atomic mass is 10.0. The Bertz CT molecular complexity index is 617. The van der Waals surface area contributed by atoms with Crippen molar-refractivity contribution in [2.75, 3.05) is 39.4 Å². The molecule has 0 aromatic heterocycles. The Morgan fingerprint density at radius 1 is 1.25 bits per heavy atom. The first-order valence-electron chi connectivity index (χ1n) is 8.99. The standard InChI is InChI=1S/C19H25FN2O2/c1-13-11-22(12-18(13)21-5-7-24-8-6-21)19(23)17-10-16(17)14-3-2-4-15(20)9-14/h2-4,9,13,16-18H,5-8,10-12H2,1H3/t13-,16-,17-,18-/m1/s1. The second-order valence-electron chi connectivity index (χ2n) is 7.44. The highest BCUT2D eigenvalue weighted by Crippen LogP contribution is 2.49. The van der Waals surface area contributed by atoms with Gasteiger partial charge in [-0.25, -0.2) is 4.39 Å². The fraction of sp³-hybridized carbons (Fsp3) is 0.632. The summed E-state index contributed by atoms with van der Waals surface area (Å²) in [4.78, 5) is 17.3. The largest absolute Gasteiger partial charge is 0.379 e. The number of carbonyl (C=O) groups excluding carboxylic acids is 1. The lowest BCUT2D eigenvalue weighted by Crippen LogP contribution is -2.47. The summed E-state index contributed by atoms with van der Waals surface area (Å²) >= 11 is 0. The molecule has 2 heterocycles. The van der Waals surface area contributed by atoms with Crippen LogP contribution in [0.5, 0.6) is 0 Å². The summed E-state index contributed by atoms with van der Waals surface area (Å²) in [6.07, 6.45) is 0.857. The fourth-order valence-corrected chi connectivity index (χ4v) is 4.32. The minimum Gasteiger partial charge on any atom is -0.379 e. The van der Waals surface area contributed by atoms with Crippen molar-refractivity contribution in [2.45, 2.75) is 25.3 Å². The van der Waals surface area contributed by atoms with Crippen molar-refractivity contribution in [3.8, 4) is 0 Å². The highest BCUT2D eigenvalue weighted by atomic mass is 19.1. The number of likely N-dealkylation sites (tertiary alicyclic amines) is 1. The van der Waals surface area contributed by atoms with E-state index in [9.17, 15) is 9.18 Å². The summed E-state index contributed by atoms with van der Waals surface area (Å²) in [6.45, 7) is 7.42. The Morgan fingerprint density at radius 2 is 2.04 bits per heavy atom. The van der Waals surface area contributed by atoms with Crippen molar-refractivity contribution >= 4 is 5.91 Å². The number of ether oxygens (including phenoxy) is 1. The molecule has 5 heteroatoms. The topological polar surface area (TPSA) is 32.8 Å². The predicted octanol–water partition coefficient (Wildman–Crippen LogP) is 2.11. The van der Waals surface area contributed by atoms with Crippen molar-refractivity contribution in [3.63, 3.8) is 0 Å². The molecular weight excluding hydrogens is 307 g/mol. The van der Waals surface area contributed by atoms with Gasteiger partial charge in [0.15, 0.2) is 0 Å². The first-order valence-corrected chi connectivity index (χ1v) is 8.99. The minimum absolute atomic E-state index is 0.0439. The van der Waals surface area contributed by atoms with Crippen molar-refractivity contribution in [3.05, 3.63) is 35.6 Å². The van der Waals surface area contributed by atoms with Crippen molar-refractivity contribution in [2.24, 2.45) is 11.8 Å². The van der Waals surface area contributed by atoms with E-state index < -0.39 is 0 Å². The molecule has 24 heavy (non-hydrogen) atoms. The molecule has 1 saturated carbocycles. The van der Waals surface area contributed by atoms with Gasteiger partial charge in [-0.3, -0.25) is 9.69 Å². The summed E-state index contributed by atoms with van der Waals surface area (Å²) in [5, 5.41) is 0. The van der Waals surface area contributed by atoms with Crippen LogP contribution < -0.4 is 0 Å². The zero-order valence-electron chi connectivity index (χ0n) is 14.2. The lowest BCUT2D eigenvalue weighted by Gasteiger charge is -2.34. The van der Waals surface area contributed by atoms with E-state index in [4.69, 9.17) is 4.74 Å². The van der Waals surface area contributed by atoms with Crippen LogP contribution in [0, 0.1) is 17.7 Å². The monoisotopic (exact) mass is 332 g/mol. The summed E-state index contributed by atoms with van der Waals surface area (Å²) in [7, 11) is 0. The van der Waals surface area contributed by atoms with Crippen LogP contribution >= 0.6 is 0 Å². The summed E-state index contributed by atoms with van der Waals surface area (Å²) < 4.78 is 18.8. The van der Waals surface area contributed by atoms with Gasteiger partial charge < -0.3 is 9.64 Å². The normalized spacial score (nSPS) is 33.7. The van der Waals surface area contributed by atoms with Gasteiger partial charge in [-0.05, 0) is 36.0 Å². The van der Waals surface area contributed by atoms with Gasteiger partial charge in [0, 0.05) is 38.1 Å². The third-order valence-corrected chi connectivity index (χ3v) is 5.78. The molecule has 1 amide bonds. The molecule has 0 unspecified atom stereocenters. The van der Waals surface area contributed by atoms with E-state index in [1.807, 2.05) is 11.0 Å². The Morgan fingerprint density at radius 3 is 2.79 bits per heavy atom. The SMILES string of the molecule is C[C@@H]1CN(C(=O)[C@@H]2C[C@@H]2c2cccc(F)c2)C[C@H]1N1CCOCC1.